The molecular formula is C77H64N2O2. The Balaban J connectivity index is 1.06. The molecule has 1 aliphatic rings. The Morgan fingerprint density at radius 2 is 0.704 bits per heavy atom. The molecule has 0 radical (unpaired) electrons. The number of hydrogen-bond acceptors (Lipinski definition) is 4. The third-order valence-corrected chi connectivity index (χ3v) is 17.0. The third-order valence-electron chi connectivity index (χ3n) is 17.0. The molecule has 0 bridgehead atoms. The van der Waals surface area contributed by atoms with E-state index in [1.54, 1.807) is 0 Å². The normalized spacial score (nSPS) is 13.0. The van der Waals surface area contributed by atoms with Crippen LogP contribution in [-0.2, 0) is 16.2 Å². The van der Waals surface area contributed by atoms with Crippen LogP contribution in [0.3, 0.4) is 0 Å². The first-order valence-electron chi connectivity index (χ1n) is 28.4. The largest absolute Gasteiger partial charge is 0.455 e. The molecule has 4 nitrogen and oxygen atoms in total. The Labute approximate surface area is 475 Å². The molecule has 0 N–H and O–H groups in total. The predicted molar refractivity (Wildman–Crippen MR) is 342 cm³/mol. The maximum absolute atomic E-state index is 7.41. The van der Waals surface area contributed by atoms with Crippen LogP contribution < -0.4 is 9.80 Å². The summed E-state index contributed by atoms with van der Waals surface area (Å²) in [5.41, 5.74) is 23.1. The van der Waals surface area contributed by atoms with Gasteiger partial charge in [0.1, 0.15) is 22.3 Å². The van der Waals surface area contributed by atoms with Gasteiger partial charge in [0.2, 0.25) is 0 Å². The lowest BCUT2D eigenvalue weighted by atomic mass is 9.81. The minimum atomic E-state index is -0.547. The first-order valence-corrected chi connectivity index (χ1v) is 28.4. The second-order valence-electron chi connectivity index (χ2n) is 24.5. The fourth-order valence-electron chi connectivity index (χ4n) is 12.6. The molecule has 2 heterocycles. The molecule has 2 aromatic heterocycles. The highest BCUT2D eigenvalue weighted by Crippen LogP contribution is 2.61. The quantitative estimate of drug-likeness (QED) is 0.144. The van der Waals surface area contributed by atoms with Gasteiger partial charge in [-0.05, 0) is 134 Å². The molecule has 1 aliphatic carbocycles. The van der Waals surface area contributed by atoms with Gasteiger partial charge >= 0.3 is 0 Å². The number of hydrogen-bond donors (Lipinski definition) is 0. The Bertz CT molecular complexity index is 4520. The molecule has 394 valence electrons. The fourth-order valence-corrected chi connectivity index (χ4v) is 12.6. The van der Waals surface area contributed by atoms with Gasteiger partial charge in [0.15, 0.2) is 0 Å². The highest BCUT2D eigenvalue weighted by Gasteiger charge is 2.43. The Morgan fingerprint density at radius 1 is 0.333 bits per heavy atom. The third kappa shape index (κ3) is 8.34. The van der Waals surface area contributed by atoms with Gasteiger partial charge in [0, 0.05) is 49.9 Å². The standard InChI is InChI=1S/C77H64N2O2/c1-75(2,3)54-35-41-57(42-36-54)78(56-39-32-51(33-40-56)49-22-12-9-13-23-49)65-47-62-71(73-69(65)59-28-18-20-30-67(59)80-73)72-63(77(62,7)8)48-66(70-60-29-19-21-31-68(60)81-74(70)72)79(58-43-37-55(38-44-58)76(4,5)6)64-45-34-53(50-24-14-10-15-25-50)46-61(64)52-26-16-11-17-27-52/h9-48H,1-8H3. The number of nitrogens with zero attached hydrogens (tertiary/aromatic N) is 2. The van der Waals surface area contributed by atoms with Crippen LogP contribution >= 0.6 is 0 Å². The summed E-state index contributed by atoms with van der Waals surface area (Å²) in [6.45, 7) is 18.5. The summed E-state index contributed by atoms with van der Waals surface area (Å²) in [4.78, 5) is 4.94. The molecule has 0 amide bonds. The van der Waals surface area contributed by atoms with Gasteiger partial charge in [-0.1, -0.05) is 225 Å². The lowest BCUT2D eigenvalue weighted by molar-refractivity contribution is 0.590. The zero-order chi connectivity index (χ0) is 55.4. The van der Waals surface area contributed by atoms with E-state index >= 15 is 0 Å². The topological polar surface area (TPSA) is 32.8 Å². The summed E-state index contributed by atoms with van der Waals surface area (Å²) < 4.78 is 14.8. The summed E-state index contributed by atoms with van der Waals surface area (Å²) in [5, 5.41) is 4.21. The molecule has 0 unspecified atom stereocenters. The molecule has 81 heavy (non-hydrogen) atoms. The molecule has 0 saturated heterocycles. The molecule has 11 aromatic carbocycles. The van der Waals surface area contributed by atoms with Crippen molar-refractivity contribution in [3.8, 4) is 44.5 Å². The first kappa shape index (κ1) is 49.9. The lowest BCUT2D eigenvalue weighted by Crippen LogP contribution is -2.18. The number of fused-ring (bicyclic) bond motifs is 11. The average Bonchev–Trinajstić information content (AvgIpc) is 2.39. The van der Waals surface area contributed by atoms with Crippen molar-refractivity contribution in [3.63, 3.8) is 0 Å². The maximum Gasteiger partial charge on any atom is 0.145 e. The SMILES string of the molecule is CC(C)(C)c1ccc(N(c2ccc(-c3ccccc3)cc2)c2cc3c(c4oc5ccccc5c24)-c2c(cc(N(c4ccc(C(C)(C)C)cc4)c4ccc(-c5ccccc5)cc4-c4ccccc4)c4c2oc2ccccc24)C3(C)C)cc1. The van der Waals surface area contributed by atoms with Gasteiger partial charge in [0.05, 0.1) is 27.8 Å². The summed E-state index contributed by atoms with van der Waals surface area (Å²) in [6.07, 6.45) is 0. The van der Waals surface area contributed by atoms with Crippen molar-refractivity contribution < 1.29 is 8.83 Å². The van der Waals surface area contributed by atoms with E-state index in [9.17, 15) is 0 Å². The van der Waals surface area contributed by atoms with Crippen molar-refractivity contribution in [2.75, 3.05) is 9.80 Å². The van der Waals surface area contributed by atoms with E-state index in [0.29, 0.717) is 0 Å². The van der Waals surface area contributed by atoms with E-state index in [-0.39, 0.29) is 10.8 Å². The van der Waals surface area contributed by atoms with E-state index in [4.69, 9.17) is 8.83 Å². The van der Waals surface area contributed by atoms with Gasteiger partial charge in [-0.2, -0.15) is 0 Å². The van der Waals surface area contributed by atoms with Crippen LogP contribution in [0.25, 0.3) is 88.4 Å². The number of para-hydroxylation sites is 2. The van der Waals surface area contributed by atoms with E-state index in [1.165, 1.54) is 38.9 Å². The first-order chi connectivity index (χ1) is 39.2. The number of anilines is 6. The van der Waals surface area contributed by atoms with Crippen molar-refractivity contribution in [3.05, 3.63) is 265 Å². The fraction of sp³-hybridized carbons (Fsp3) is 0.143. The monoisotopic (exact) mass is 1050 g/mol. The molecule has 0 spiro atoms. The smallest absolute Gasteiger partial charge is 0.145 e. The minimum absolute atomic E-state index is 0.0148. The summed E-state index contributed by atoms with van der Waals surface area (Å²) in [5.74, 6) is 0. The summed E-state index contributed by atoms with van der Waals surface area (Å²) >= 11 is 0. The van der Waals surface area contributed by atoms with Gasteiger partial charge in [-0.25, -0.2) is 0 Å². The molecule has 0 aliphatic heterocycles. The zero-order valence-electron chi connectivity index (χ0n) is 47.3. The van der Waals surface area contributed by atoms with E-state index in [0.717, 1.165) is 106 Å². The second-order valence-corrected chi connectivity index (χ2v) is 24.5. The van der Waals surface area contributed by atoms with Gasteiger partial charge < -0.3 is 18.6 Å². The molecule has 14 rings (SSSR count). The second kappa shape index (κ2) is 18.9. The van der Waals surface area contributed by atoms with E-state index < -0.39 is 5.41 Å². The number of furan rings is 2. The molecule has 0 fully saturated rings. The number of rotatable bonds is 9. The van der Waals surface area contributed by atoms with Gasteiger partial charge in [-0.15, -0.1) is 0 Å². The van der Waals surface area contributed by atoms with Crippen LogP contribution in [0.5, 0.6) is 0 Å². The van der Waals surface area contributed by atoms with Crippen LogP contribution in [0, 0.1) is 0 Å². The van der Waals surface area contributed by atoms with E-state index in [2.05, 4.69) is 308 Å². The zero-order valence-corrected chi connectivity index (χ0v) is 47.3. The molecule has 0 atom stereocenters. The van der Waals surface area contributed by atoms with Crippen molar-refractivity contribution in [1.29, 1.82) is 0 Å². The highest BCUT2D eigenvalue weighted by atomic mass is 16.3. The van der Waals surface area contributed by atoms with Crippen LogP contribution in [0.2, 0.25) is 0 Å². The Morgan fingerprint density at radius 3 is 1.17 bits per heavy atom. The number of benzene rings is 11. The van der Waals surface area contributed by atoms with Crippen LogP contribution in [0.1, 0.15) is 77.6 Å². The Kier molecular flexibility index (Phi) is 11.6. The average molecular weight is 1050 g/mol. The maximum atomic E-state index is 7.41. The molecule has 13 aromatic rings. The Hall–Kier alpha value is -9.38. The van der Waals surface area contributed by atoms with E-state index in [1.807, 2.05) is 0 Å². The van der Waals surface area contributed by atoms with Gasteiger partial charge in [0.25, 0.3) is 0 Å². The highest BCUT2D eigenvalue weighted by molar-refractivity contribution is 6.24. The predicted octanol–water partition coefficient (Wildman–Crippen LogP) is 22.3. The van der Waals surface area contributed by atoms with Crippen molar-refractivity contribution >= 4 is 78.0 Å². The van der Waals surface area contributed by atoms with Gasteiger partial charge in [-0.3, -0.25) is 0 Å². The van der Waals surface area contributed by atoms with Crippen molar-refractivity contribution in [2.45, 2.75) is 71.6 Å². The van der Waals surface area contributed by atoms with Crippen molar-refractivity contribution in [1.82, 2.24) is 0 Å². The summed E-state index contributed by atoms with van der Waals surface area (Å²) in [6, 6.07) is 88.6. The lowest BCUT2D eigenvalue weighted by Gasteiger charge is -2.31. The minimum Gasteiger partial charge on any atom is -0.455 e. The van der Waals surface area contributed by atoms with Crippen molar-refractivity contribution in [2.24, 2.45) is 0 Å². The van der Waals surface area contributed by atoms with Crippen LogP contribution in [0.15, 0.2) is 251 Å². The molecular weight excluding hydrogens is 985 g/mol. The molecule has 0 saturated carbocycles. The summed E-state index contributed by atoms with van der Waals surface area (Å²) in [7, 11) is 0. The van der Waals surface area contributed by atoms with Crippen LogP contribution in [-0.4, -0.2) is 0 Å². The van der Waals surface area contributed by atoms with Crippen LogP contribution in [0.4, 0.5) is 34.1 Å². The molecule has 4 heteroatoms.